The highest BCUT2D eigenvalue weighted by Crippen LogP contribution is 2.27. The minimum Gasteiger partial charge on any atom is -0.508 e. The van der Waals surface area contributed by atoms with Crippen molar-refractivity contribution in [2.75, 3.05) is 7.11 Å². The van der Waals surface area contributed by atoms with Crippen molar-refractivity contribution in [2.24, 2.45) is 0 Å². The Morgan fingerprint density at radius 1 is 1.16 bits per heavy atom. The minimum absolute atomic E-state index is 0.0706. The number of hydrogen-bond donors (Lipinski definition) is 3. The lowest BCUT2D eigenvalue weighted by molar-refractivity contribution is -0.118. The Morgan fingerprint density at radius 2 is 2.00 bits per heavy atom. The largest absolute Gasteiger partial charge is 0.508 e. The lowest BCUT2D eigenvalue weighted by atomic mass is 10.0. The van der Waals surface area contributed by atoms with E-state index in [2.05, 4.69) is 4.98 Å². The molecular formula is C20H21NO4. The number of phenols is 2. The highest BCUT2D eigenvalue weighted by molar-refractivity contribution is 5.85. The fraction of sp³-hybridized carbons (Fsp3) is 0.250. The van der Waals surface area contributed by atoms with Gasteiger partial charge < -0.3 is 19.9 Å². The van der Waals surface area contributed by atoms with Crippen molar-refractivity contribution in [1.82, 2.24) is 4.98 Å². The summed E-state index contributed by atoms with van der Waals surface area (Å²) in [5.41, 5.74) is 2.91. The molecule has 0 bridgehead atoms. The van der Waals surface area contributed by atoms with Gasteiger partial charge in [0, 0.05) is 29.9 Å². The Bertz CT molecular complexity index is 898. The molecule has 0 unspecified atom stereocenters. The molecule has 25 heavy (non-hydrogen) atoms. The summed E-state index contributed by atoms with van der Waals surface area (Å²) in [6.45, 7) is 0. The van der Waals surface area contributed by atoms with E-state index in [9.17, 15) is 15.0 Å². The molecule has 130 valence electrons. The first-order chi connectivity index (χ1) is 12.1. The summed E-state index contributed by atoms with van der Waals surface area (Å²) in [7, 11) is 1.49. The van der Waals surface area contributed by atoms with Crippen LogP contribution in [0.2, 0.25) is 0 Å². The molecule has 1 aromatic heterocycles. The molecule has 0 spiro atoms. The number of benzene rings is 2. The number of fused-ring (bicyclic) bond motifs is 1. The van der Waals surface area contributed by atoms with Crippen LogP contribution in [-0.2, 0) is 17.6 Å². The standard InChI is InChI=1S/C20H21NO4/c1-25-20-10-13(5-8-19(20)24)9-15(22)4-2-3-14-12-21-18-7-6-16(23)11-17(14)18/h5-8,10-12,21,23-24H,2-4,9H2,1H3. The van der Waals surface area contributed by atoms with Gasteiger partial charge in [-0.25, -0.2) is 0 Å². The molecule has 0 amide bonds. The summed E-state index contributed by atoms with van der Waals surface area (Å²) < 4.78 is 5.06. The number of carbonyl (C=O) groups is 1. The number of aryl methyl sites for hydroxylation is 1. The first-order valence-corrected chi connectivity index (χ1v) is 8.23. The second-order valence-corrected chi connectivity index (χ2v) is 6.12. The van der Waals surface area contributed by atoms with Gasteiger partial charge in [-0.15, -0.1) is 0 Å². The van der Waals surface area contributed by atoms with Gasteiger partial charge in [-0.05, 0) is 54.3 Å². The van der Waals surface area contributed by atoms with Crippen LogP contribution in [0.5, 0.6) is 17.2 Å². The first kappa shape index (κ1) is 16.9. The van der Waals surface area contributed by atoms with E-state index in [1.54, 1.807) is 30.3 Å². The second kappa shape index (κ2) is 7.30. The van der Waals surface area contributed by atoms with E-state index in [0.717, 1.165) is 34.9 Å². The number of nitrogens with one attached hydrogen (secondary N) is 1. The molecule has 5 nitrogen and oxygen atoms in total. The lowest BCUT2D eigenvalue weighted by Gasteiger charge is -2.06. The van der Waals surface area contributed by atoms with Crippen LogP contribution in [0.4, 0.5) is 0 Å². The van der Waals surface area contributed by atoms with Crippen LogP contribution in [-0.4, -0.2) is 28.1 Å². The van der Waals surface area contributed by atoms with Crippen molar-refractivity contribution in [3.63, 3.8) is 0 Å². The van der Waals surface area contributed by atoms with E-state index in [-0.39, 0.29) is 17.3 Å². The summed E-state index contributed by atoms with van der Waals surface area (Å²) in [5, 5.41) is 20.2. The van der Waals surface area contributed by atoms with E-state index in [1.807, 2.05) is 12.3 Å². The summed E-state index contributed by atoms with van der Waals surface area (Å²) in [6.07, 6.45) is 4.25. The Kier molecular flexibility index (Phi) is 4.93. The van der Waals surface area contributed by atoms with Gasteiger partial charge in [0.2, 0.25) is 0 Å². The van der Waals surface area contributed by atoms with Gasteiger partial charge in [0.1, 0.15) is 11.5 Å². The maximum atomic E-state index is 12.2. The first-order valence-electron chi connectivity index (χ1n) is 8.23. The fourth-order valence-electron chi connectivity index (χ4n) is 3.00. The smallest absolute Gasteiger partial charge is 0.160 e. The van der Waals surface area contributed by atoms with Gasteiger partial charge in [0.05, 0.1) is 7.11 Å². The Morgan fingerprint density at radius 3 is 2.80 bits per heavy atom. The van der Waals surface area contributed by atoms with Gasteiger partial charge in [-0.3, -0.25) is 4.79 Å². The normalized spacial score (nSPS) is 10.9. The maximum Gasteiger partial charge on any atom is 0.160 e. The molecule has 0 aliphatic carbocycles. The Labute approximate surface area is 145 Å². The van der Waals surface area contributed by atoms with Crippen LogP contribution in [0.1, 0.15) is 24.0 Å². The Hall–Kier alpha value is -2.95. The molecule has 0 saturated heterocycles. The van der Waals surface area contributed by atoms with Crippen LogP contribution in [0.15, 0.2) is 42.6 Å². The molecule has 0 fully saturated rings. The number of rotatable bonds is 7. The average Bonchev–Trinajstić information content (AvgIpc) is 2.99. The number of aromatic hydroxyl groups is 2. The van der Waals surface area contributed by atoms with Crippen LogP contribution in [0, 0.1) is 0 Å². The van der Waals surface area contributed by atoms with Crippen molar-refractivity contribution < 1.29 is 19.7 Å². The lowest BCUT2D eigenvalue weighted by Crippen LogP contribution is -2.03. The van der Waals surface area contributed by atoms with Crippen LogP contribution in [0.25, 0.3) is 10.9 Å². The highest BCUT2D eigenvalue weighted by atomic mass is 16.5. The quantitative estimate of drug-likeness (QED) is 0.613. The molecule has 2 aromatic carbocycles. The molecule has 3 rings (SSSR count). The number of aromatic amines is 1. The molecular weight excluding hydrogens is 318 g/mol. The summed E-state index contributed by atoms with van der Waals surface area (Å²) in [5.74, 6) is 0.839. The Balaban J connectivity index is 1.56. The molecule has 0 saturated carbocycles. The van der Waals surface area contributed by atoms with Gasteiger partial charge in [-0.2, -0.15) is 0 Å². The average molecular weight is 339 g/mol. The molecule has 0 aliphatic heterocycles. The molecule has 3 aromatic rings. The number of methoxy groups -OCH3 is 1. The second-order valence-electron chi connectivity index (χ2n) is 6.12. The molecule has 0 radical (unpaired) electrons. The van der Waals surface area contributed by atoms with Crippen LogP contribution < -0.4 is 4.74 Å². The molecule has 1 heterocycles. The summed E-state index contributed by atoms with van der Waals surface area (Å²) in [4.78, 5) is 15.4. The minimum atomic E-state index is 0.0706. The van der Waals surface area contributed by atoms with E-state index in [4.69, 9.17) is 4.74 Å². The number of aromatic nitrogens is 1. The van der Waals surface area contributed by atoms with Crippen molar-refractivity contribution in [3.8, 4) is 17.2 Å². The third kappa shape index (κ3) is 3.94. The SMILES string of the molecule is COc1cc(CC(=O)CCCc2c[nH]c3ccc(O)cc23)ccc1O. The number of ether oxygens (including phenoxy) is 1. The number of ketones is 1. The topological polar surface area (TPSA) is 82.6 Å². The summed E-state index contributed by atoms with van der Waals surface area (Å²) in [6, 6.07) is 10.2. The van der Waals surface area contributed by atoms with Gasteiger partial charge in [0.25, 0.3) is 0 Å². The fourth-order valence-corrected chi connectivity index (χ4v) is 3.00. The molecule has 3 N–H and O–H groups in total. The third-order valence-corrected chi connectivity index (χ3v) is 4.30. The van der Waals surface area contributed by atoms with E-state index in [0.29, 0.717) is 18.6 Å². The number of carbonyl (C=O) groups excluding carboxylic acids is 1. The molecule has 5 heteroatoms. The van der Waals surface area contributed by atoms with Crippen LogP contribution >= 0.6 is 0 Å². The molecule has 0 aliphatic rings. The number of phenolic OH excluding ortho intramolecular Hbond substituents is 2. The van der Waals surface area contributed by atoms with Gasteiger partial charge >= 0.3 is 0 Å². The van der Waals surface area contributed by atoms with Crippen molar-refractivity contribution >= 4 is 16.7 Å². The molecule has 0 atom stereocenters. The number of Topliss-reactive ketones (excluding diaryl/α,β-unsaturated/α-hetero) is 1. The zero-order valence-corrected chi connectivity index (χ0v) is 14.1. The van der Waals surface area contributed by atoms with Gasteiger partial charge in [0.15, 0.2) is 11.5 Å². The van der Waals surface area contributed by atoms with Crippen LogP contribution in [0.3, 0.4) is 0 Å². The van der Waals surface area contributed by atoms with Crippen molar-refractivity contribution in [2.45, 2.75) is 25.7 Å². The van der Waals surface area contributed by atoms with Crippen molar-refractivity contribution in [1.29, 1.82) is 0 Å². The van der Waals surface area contributed by atoms with E-state index >= 15 is 0 Å². The summed E-state index contributed by atoms with van der Waals surface area (Å²) >= 11 is 0. The number of H-pyrrole nitrogens is 1. The third-order valence-electron chi connectivity index (χ3n) is 4.30. The maximum absolute atomic E-state index is 12.2. The monoisotopic (exact) mass is 339 g/mol. The predicted octanol–water partition coefficient (Wildman–Crippen LogP) is 3.72. The zero-order valence-electron chi connectivity index (χ0n) is 14.1. The van der Waals surface area contributed by atoms with Crippen molar-refractivity contribution in [3.05, 3.63) is 53.7 Å². The number of hydrogen-bond acceptors (Lipinski definition) is 4. The van der Waals surface area contributed by atoms with Gasteiger partial charge in [-0.1, -0.05) is 6.07 Å². The predicted molar refractivity (Wildman–Crippen MR) is 96.3 cm³/mol. The van der Waals surface area contributed by atoms with E-state index < -0.39 is 0 Å². The zero-order chi connectivity index (χ0) is 17.8. The van der Waals surface area contributed by atoms with E-state index in [1.165, 1.54) is 7.11 Å². The highest BCUT2D eigenvalue weighted by Gasteiger charge is 2.09.